The van der Waals surface area contributed by atoms with Crippen LogP contribution in [0.5, 0.6) is 0 Å². The molecule has 2 rings (SSSR count). The molecule has 0 radical (unpaired) electrons. The van der Waals surface area contributed by atoms with Crippen LogP contribution in [0.25, 0.3) is 0 Å². The molecule has 0 saturated carbocycles. The summed E-state index contributed by atoms with van der Waals surface area (Å²) in [5.74, 6) is 0. The van der Waals surface area contributed by atoms with Gasteiger partial charge in [-0.25, -0.2) is 0 Å². The summed E-state index contributed by atoms with van der Waals surface area (Å²) in [6, 6.07) is 7.55. The molecule has 0 fully saturated rings. The van der Waals surface area contributed by atoms with Crippen LogP contribution in [0.15, 0.2) is 29.6 Å². The average Bonchev–Trinajstić information content (AvgIpc) is 2.63. The summed E-state index contributed by atoms with van der Waals surface area (Å²) in [4.78, 5) is 1.15. The van der Waals surface area contributed by atoms with Crippen LogP contribution in [0.3, 0.4) is 0 Å². The van der Waals surface area contributed by atoms with Gasteiger partial charge in [0.1, 0.15) is 6.10 Å². The molecule has 1 atom stereocenters. The summed E-state index contributed by atoms with van der Waals surface area (Å²) in [5.41, 5.74) is 2.92. The smallest absolute Gasteiger partial charge is 0.105 e. The lowest BCUT2D eigenvalue weighted by Gasteiger charge is -2.14. The molecule has 0 bridgehead atoms. The number of rotatable bonds is 2. The molecular formula is C13H13ClOS. The monoisotopic (exact) mass is 252 g/mol. The van der Waals surface area contributed by atoms with E-state index in [1.807, 2.05) is 43.5 Å². The number of hydrogen-bond donors (Lipinski definition) is 1. The summed E-state index contributed by atoms with van der Waals surface area (Å²) in [6.07, 6.45) is -0.552. The van der Waals surface area contributed by atoms with E-state index in [9.17, 15) is 5.11 Å². The highest BCUT2D eigenvalue weighted by Gasteiger charge is 2.15. The van der Waals surface area contributed by atoms with Crippen LogP contribution in [0.1, 0.15) is 27.7 Å². The predicted octanol–water partition coefficient (Wildman–Crippen LogP) is 4.10. The maximum absolute atomic E-state index is 10.3. The zero-order valence-corrected chi connectivity index (χ0v) is 10.8. The fraction of sp³-hybridized carbons (Fsp3) is 0.231. The minimum Gasteiger partial charge on any atom is -0.384 e. The van der Waals surface area contributed by atoms with E-state index in [-0.39, 0.29) is 0 Å². The van der Waals surface area contributed by atoms with E-state index in [1.54, 1.807) is 11.3 Å². The first kappa shape index (κ1) is 11.6. The molecule has 1 N–H and O–H groups in total. The quantitative estimate of drug-likeness (QED) is 0.853. The van der Waals surface area contributed by atoms with Crippen molar-refractivity contribution in [1.82, 2.24) is 0 Å². The van der Waals surface area contributed by atoms with Crippen LogP contribution in [0.4, 0.5) is 0 Å². The fourth-order valence-electron chi connectivity index (χ4n) is 1.79. The van der Waals surface area contributed by atoms with Gasteiger partial charge in [-0.05, 0) is 54.1 Å². The van der Waals surface area contributed by atoms with Crippen LogP contribution in [0, 0.1) is 13.8 Å². The number of aliphatic hydroxyl groups is 1. The molecule has 2 aromatic rings. The van der Waals surface area contributed by atoms with E-state index in [1.165, 1.54) is 0 Å². The second-order valence-corrected chi connectivity index (χ2v) is 5.39. The van der Waals surface area contributed by atoms with Gasteiger partial charge in [0.2, 0.25) is 0 Å². The number of thiophene rings is 1. The van der Waals surface area contributed by atoms with Gasteiger partial charge in [0.25, 0.3) is 0 Å². The molecule has 0 amide bonds. The van der Waals surface area contributed by atoms with Crippen LogP contribution in [-0.4, -0.2) is 5.11 Å². The predicted molar refractivity (Wildman–Crippen MR) is 69.3 cm³/mol. The molecular weight excluding hydrogens is 240 g/mol. The minimum absolute atomic E-state index is 0.552. The number of aliphatic hydroxyl groups excluding tert-OH is 1. The third kappa shape index (κ3) is 2.14. The lowest BCUT2D eigenvalue weighted by Crippen LogP contribution is -2.01. The van der Waals surface area contributed by atoms with E-state index in [0.29, 0.717) is 5.02 Å². The van der Waals surface area contributed by atoms with Crippen molar-refractivity contribution in [1.29, 1.82) is 0 Å². The summed E-state index contributed by atoms with van der Waals surface area (Å²) in [5, 5.41) is 13.0. The van der Waals surface area contributed by atoms with Crippen LogP contribution in [-0.2, 0) is 0 Å². The molecule has 16 heavy (non-hydrogen) atoms. The third-order valence-electron chi connectivity index (χ3n) is 2.72. The Balaban J connectivity index is 2.41. The zero-order valence-electron chi connectivity index (χ0n) is 9.20. The highest BCUT2D eigenvalue weighted by Crippen LogP contribution is 2.30. The molecule has 3 heteroatoms. The molecule has 84 valence electrons. The Morgan fingerprint density at radius 3 is 2.50 bits per heavy atom. The van der Waals surface area contributed by atoms with Gasteiger partial charge in [0.15, 0.2) is 0 Å². The second kappa shape index (κ2) is 4.58. The van der Waals surface area contributed by atoms with Gasteiger partial charge in [-0.15, -0.1) is 11.3 Å². The van der Waals surface area contributed by atoms with Crippen molar-refractivity contribution in [3.63, 3.8) is 0 Å². The average molecular weight is 253 g/mol. The van der Waals surface area contributed by atoms with E-state index >= 15 is 0 Å². The molecule has 1 heterocycles. The summed E-state index contributed by atoms with van der Waals surface area (Å²) >= 11 is 7.55. The Morgan fingerprint density at radius 1 is 1.19 bits per heavy atom. The Bertz CT molecular complexity index is 504. The van der Waals surface area contributed by atoms with Gasteiger partial charge in [0.05, 0.1) is 0 Å². The first-order valence-corrected chi connectivity index (χ1v) is 6.33. The molecule has 1 nitrogen and oxygen atoms in total. The van der Waals surface area contributed by atoms with Gasteiger partial charge in [0, 0.05) is 9.90 Å². The highest BCUT2D eigenvalue weighted by molar-refractivity contribution is 7.10. The largest absolute Gasteiger partial charge is 0.384 e. The van der Waals surface area contributed by atoms with Crippen molar-refractivity contribution in [3.05, 3.63) is 56.2 Å². The van der Waals surface area contributed by atoms with Gasteiger partial charge in [-0.3, -0.25) is 0 Å². The maximum Gasteiger partial charge on any atom is 0.105 e. The fourth-order valence-corrected chi connectivity index (χ4v) is 2.75. The standard InChI is InChI=1S/C13H13ClOS/c1-8-7-10(14)3-4-11(8)13(15)12-5-6-16-9(12)2/h3-7,13,15H,1-2H3. The number of aryl methyl sites for hydroxylation is 2. The summed E-state index contributed by atoms with van der Waals surface area (Å²) < 4.78 is 0. The minimum atomic E-state index is -0.552. The van der Waals surface area contributed by atoms with E-state index in [2.05, 4.69) is 0 Å². The molecule has 0 aliphatic heterocycles. The van der Waals surface area contributed by atoms with Crippen LogP contribution < -0.4 is 0 Å². The Kier molecular flexibility index (Phi) is 3.33. The van der Waals surface area contributed by atoms with Crippen molar-refractivity contribution in [3.8, 4) is 0 Å². The third-order valence-corrected chi connectivity index (χ3v) is 3.82. The summed E-state index contributed by atoms with van der Waals surface area (Å²) in [6.45, 7) is 3.99. The van der Waals surface area contributed by atoms with Crippen molar-refractivity contribution in [2.24, 2.45) is 0 Å². The Morgan fingerprint density at radius 2 is 1.94 bits per heavy atom. The van der Waals surface area contributed by atoms with Crippen LogP contribution >= 0.6 is 22.9 Å². The first-order valence-electron chi connectivity index (χ1n) is 5.07. The van der Waals surface area contributed by atoms with Gasteiger partial charge in [-0.1, -0.05) is 17.7 Å². The van der Waals surface area contributed by atoms with Crippen LogP contribution in [0.2, 0.25) is 5.02 Å². The molecule has 0 aliphatic rings. The molecule has 1 aromatic heterocycles. The first-order chi connectivity index (χ1) is 7.59. The van der Waals surface area contributed by atoms with Crippen molar-refractivity contribution < 1.29 is 5.11 Å². The Labute approximate surface area is 104 Å². The second-order valence-electron chi connectivity index (χ2n) is 3.84. The number of hydrogen-bond acceptors (Lipinski definition) is 2. The maximum atomic E-state index is 10.3. The number of benzene rings is 1. The summed E-state index contributed by atoms with van der Waals surface area (Å²) in [7, 11) is 0. The van der Waals surface area contributed by atoms with E-state index < -0.39 is 6.10 Å². The molecule has 0 spiro atoms. The van der Waals surface area contributed by atoms with E-state index in [0.717, 1.165) is 21.6 Å². The lowest BCUT2D eigenvalue weighted by molar-refractivity contribution is 0.219. The molecule has 0 saturated heterocycles. The van der Waals surface area contributed by atoms with Gasteiger partial charge in [-0.2, -0.15) is 0 Å². The topological polar surface area (TPSA) is 20.2 Å². The lowest BCUT2D eigenvalue weighted by atomic mass is 9.98. The van der Waals surface area contributed by atoms with Crippen molar-refractivity contribution in [2.75, 3.05) is 0 Å². The molecule has 0 aliphatic carbocycles. The van der Waals surface area contributed by atoms with Gasteiger partial charge < -0.3 is 5.11 Å². The Hall–Kier alpha value is -0.830. The molecule has 1 unspecified atom stereocenters. The molecule has 1 aromatic carbocycles. The zero-order chi connectivity index (χ0) is 11.7. The number of halogens is 1. The van der Waals surface area contributed by atoms with Gasteiger partial charge >= 0.3 is 0 Å². The van der Waals surface area contributed by atoms with Crippen molar-refractivity contribution >= 4 is 22.9 Å². The SMILES string of the molecule is Cc1cc(Cl)ccc1C(O)c1ccsc1C. The van der Waals surface area contributed by atoms with E-state index in [4.69, 9.17) is 11.6 Å². The van der Waals surface area contributed by atoms with Crippen molar-refractivity contribution in [2.45, 2.75) is 20.0 Å². The highest BCUT2D eigenvalue weighted by atomic mass is 35.5. The normalized spacial score (nSPS) is 12.8.